The topological polar surface area (TPSA) is 59.5 Å². The first-order chi connectivity index (χ1) is 14.4. The average Bonchev–Trinajstić information content (AvgIpc) is 3.20. The van der Waals surface area contributed by atoms with E-state index < -0.39 is 21.8 Å². The van der Waals surface area contributed by atoms with E-state index in [1.165, 1.54) is 27.8 Å². The zero-order valence-corrected chi connectivity index (χ0v) is 17.0. The summed E-state index contributed by atoms with van der Waals surface area (Å²) >= 11 is 1.19. The maximum Gasteiger partial charge on any atom is 0.274 e. The van der Waals surface area contributed by atoms with Crippen molar-refractivity contribution < 1.29 is 21.9 Å². The van der Waals surface area contributed by atoms with E-state index in [0.29, 0.717) is 11.3 Å². The summed E-state index contributed by atoms with van der Waals surface area (Å²) < 4.78 is 62.6. The second-order valence-electron chi connectivity index (χ2n) is 6.67. The number of thiophene rings is 1. The first-order valence-corrected chi connectivity index (χ1v) is 11.3. The third kappa shape index (κ3) is 3.01. The van der Waals surface area contributed by atoms with Crippen LogP contribution in [0.3, 0.4) is 0 Å². The molecule has 4 aromatic rings. The summed E-state index contributed by atoms with van der Waals surface area (Å²) in [5.74, 6) is -1.94. The third-order valence-electron chi connectivity index (χ3n) is 4.88. The van der Waals surface area contributed by atoms with Gasteiger partial charge in [-0.3, -0.25) is 4.31 Å². The van der Waals surface area contributed by atoms with Crippen LogP contribution in [0.1, 0.15) is 0 Å². The molecule has 1 aliphatic heterocycles. The van der Waals surface area contributed by atoms with E-state index in [4.69, 9.17) is 4.74 Å². The van der Waals surface area contributed by atoms with Crippen LogP contribution >= 0.6 is 11.3 Å². The lowest BCUT2D eigenvalue weighted by molar-refractivity contribution is 0.316. The van der Waals surface area contributed by atoms with Crippen LogP contribution in [0.4, 0.5) is 14.5 Å². The van der Waals surface area contributed by atoms with Crippen LogP contribution in [-0.4, -0.2) is 26.6 Å². The number of pyridine rings is 1. The molecule has 2 aromatic carbocycles. The number of sulfonamides is 1. The molecular weight excluding hydrogens is 430 g/mol. The second-order valence-corrected chi connectivity index (χ2v) is 9.85. The van der Waals surface area contributed by atoms with Gasteiger partial charge in [-0.2, -0.15) is 4.39 Å². The number of rotatable bonds is 3. The zero-order chi connectivity index (χ0) is 20.9. The van der Waals surface area contributed by atoms with Crippen LogP contribution in [-0.2, 0) is 10.0 Å². The van der Waals surface area contributed by atoms with E-state index in [0.717, 1.165) is 16.3 Å². The molecule has 0 saturated heterocycles. The van der Waals surface area contributed by atoms with Crippen LogP contribution in [0, 0.1) is 11.8 Å². The Balaban J connectivity index is 1.63. The lowest BCUT2D eigenvalue weighted by atomic mass is 10.0. The number of hydrogen-bond donors (Lipinski definition) is 0. The summed E-state index contributed by atoms with van der Waals surface area (Å²) in [7, 11) is -3.86. The Morgan fingerprint density at radius 1 is 1.07 bits per heavy atom. The predicted molar refractivity (Wildman–Crippen MR) is 111 cm³/mol. The fraction of sp³-hybridized carbons (Fsp3) is 0.0952. The number of aromatic nitrogens is 1. The predicted octanol–water partition coefficient (Wildman–Crippen LogP) is 4.83. The fourth-order valence-corrected chi connectivity index (χ4v) is 6.41. The van der Waals surface area contributed by atoms with Crippen molar-refractivity contribution >= 4 is 37.1 Å². The van der Waals surface area contributed by atoms with Gasteiger partial charge in [0.2, 0.25) is 5.95 Å². The van der Waals surface area contributed by atoms with E-state index in [-0.39, 0.29) is 28.6 Å². The van der Waals surface area contributed by atoms with Gasteiger partial charge < -0.3 is 4.74 Å². The molecule has 5 nitrogen and oxygen atoms in total. The van der Waals surface area contributed by atoms with Gasteiger partial charge in [-0.15, -0.1) is 11.3 Å². The van der Waals surface area contributed by atoms with Gasteiger partial charge in [0.25, 0.3) is 10.0 Å². The molecule has 3 heterocycles. The Kier molecular flexibility index (Phi) is 4.44. The zero-order valence-electron chi connectivity index (χ0n) is 15.4. The molecular formula is C21H14F2N2O3S2. The Morgan fingerprint density at radius 2 is 1.90 bits per heavy atom. The number of halogens is 2. The van der Waals surface area contributed by atoms with Gasteiger partial charge in [0.1, 0.15) is 16.6 Å². The molecule has 0 bridgehead atoms. The van der Waals surface area contributed by atoms with Gasteiger partial charge in [-0.1, -0.05) is 24.3 Å². The van der Waals surface area contributed by atoms with Crippen molar-refractivity contribution in [1.29, 1.82) is 0 Å². The summed E-state index contributed by atoms with van der Waals surface area (Å²) in [5, 5.41) is 0.845. The maximum absolute atomic E-state index is 14.2. The highest BCUT2D eigenvalue weighted by molar-refractivity contribution is 7.95. The minimum atomic E-state index is -3.86. The number of nitrogens with zero attached hydrogens (tertiary/aromatic N) is 2. The molecule has 0 atom stereocenters. The number of ether oxygens (including phenoxy) is 1. The van der Waals surface area contributed by atoms with Crippen LogP contribution < -0.4 is 9.04 Å². The Bertz CT molecular complexity index is 1350. The van der Waals surface area contributed by atoms with E-state index >= 15 is 0 Å². The molecule has 0 radical (unpaired) electrons. The molecule has 0 unspecified atom stereocenters. The van der Waals surface area contributed by atoms with Crippen molar-refractivity contribution in [2.45, 2.75) is 4.21 Å². The van der Waals surface area contributed by atoms with Crippen molar-refractivity contribution in [3.8, 4) is 16.9 Å². The highest BCUT2D eigenvalue weighted by Gasteiger charge is 2.32. The highest BCUT2D eigenvalue weighted by atomic mass is 32.2. The Morgan fingerprint density at radius 3 is 2.73 bits per heavy atom. The van der Waals surface area contributed by atoms with E-state index in [1.807, 2.05) is 24.3 Å². The van der Waals surface area contributed by atoms with Crippen molar-refractivity contribution in [1.82, 2.24) is 4.98 Å². The summed E-state index contributed by atoms with van der Waals surface area (Å²) in [5.41, 5.74) is 0.609. The molecule has 0 N–H and O–H groups in total. The number of anilines is 1. The first-order valence-electron chi connectivity index (χ1n) is 9.04. The Labute approximate surface area is 175 Å². The van der Waals surface area contributed by atoms with Crippen molar-refractivity contribution in [2.24, 2.45) is 0 Å². The van der Waals surface area contributed by atoms with E-state index in [1.54, 1.807) is 18.2 Å². The van der Waals surface area contributed by atoms with Crippen LogP contribution in [0.25, 0.3) is 21.2 Å². The molecule has 1 aliphatic rings. The van der Waals surface area contributed by atoms with Gasteiger partial charge in [0, 0.05) is 16.5 Å². The van der Waals surface area contributed by atoms with Crippen LogP contribution in [0.2, 0.25) is 0 Å². The monoisotopic (exact) mass is 444 g/mol. The minimum absolute atomic E-state index is 0.00455. The lowest BCUT2D eigenvalue weighted by Crippen LogP contribution is -2.37. The molecule has 0 amide bonds. The fourth-order valence-electron chi connectivity index (χ4n) is 3.44. The number of benzene rings is 2. The molecule has 0 aliphatic carbocycles. The standard InChI is InChI=1S/C21H14F2N2O3S2/c22-20-15(7-8-24-21(20)23)13-5-6-17-16(11-13)25(9-10-28-17)30(26,27)19-12-14-3-1-2-4-18(14)29-19/h1-8,11-12H,9-10H2. The quantitative estimate of drug-likeness (QED) is 0.425. The van der Waals surface area contributed by atoms with Gasteiger partial charge in [0.15, 0.2) is 5.82 Å². The summed E-state index contributed by atoms with van der Waals surface area (Å²) in [6, 6.07) is 15.0. The molecule has 9 heteroatoms. The highest BCUT2D eigenvalue weighted by Crippen LogP contribution is 2.40. The summed E-state index contributed by atoms with van der Waals surface area (Å²) in [4.78, 5) is 3.30. The molecule has 152 valence electrons. The van der Waals surface area contributed by atoms with E-state index in [9.17, 15) is 17.2 Å². The Hall–Kier alpha value is -3.04. The average molecular weight is 444 g/mol. The normalized spacial score (nSPS) is 13.9. The van der Waals surface area contributed by atoms with Crippen molar-refractivity contribution in [3.05, 3.63) is 72.6 Å². The minimum Gasteiger partial charge on any atom is -0.489 e. The summed E-state index contributed by atoms with van der Waals surface area (Å²) in [6.45, 7) is 0.301. The molecule has 0 saturated carbocycles. The number of fused-ring (bicyclic) bond motifs is 2. The second kappa shape index (κ2) is 7.03. The third-order valence-corrected chi connectivity index (χ3v) is 8.26. The maximum atomic E-state index is 14.2. The van der Waals surface area contributed by atoms with Gasteiger partial charge in [-0.05, 0) is 41.3 Å². The molecule has 0 fully saturated rings. The smallest absolute Gasteiger partial charge is 0.274 e. The van der Waals surface area contributed by atoms with Gasteiger partial charge >= 0.3 is 0 Å². The van der Waals surface area contributed by atoms with Crippen molar-refractivity contribution in [3.63, 3.8) is 0 Å². The largest absolute Gasteiger partial charge is 0.489 e. The van der Waals surface area contributed by atoms with E-state index in [2.05, 4.69) is 4.98 Å². The lowest BCUT2D eigenvalue weighted by Gasteiger charge is -2.30. The first kappa shape index (κ1) is 19.0. The van der Waals surface area contributed by atoms with Gasteiger partial charge in [-0.25, -0.2) is 17.8 Å². The molecule has 30 heavy (non-hydrogen) atoms. The molecule has 2 aromatic heterocycles. The van der Waals surface area contributed by atoms with Crippen LogP contribution in [0.15, 0.2) is 65.0 Å². The van der Waals surface area contributed by atoms with Crippen molar-refractivity contribution in [2.75, 3.05) is 17.5 Å². The number of hydrogen-bond acceptors (Lipinski definition) is 5. The van der Waals surface area contributed by atoms with Gasteiger partial charge in [0.05, 0.1) is 12.2 Å². The van der Waals surface area contributed by atoms with Crippen LogP contribution in [0.5, 0.6) is 5.75 Å². The summed E-state index contributed by atoms with van der Waals surface area (Å²) in [6.07, 6.45) is 1.16. The SMILES string of the molecule is O=S(=O)(c1cc2ccccc2s1)N1CCOc2ccc(-c3ccnc(F)c3F)cc21. The molecule has 5 rings (SSSR count). The molecule has 0 spiro atoms.